The monoisotopic (exact) mass is 362 g/mol. The van der Waals surface area contributed by atoms with Crippen LogP contribution in [-0.4, -0.2) is 33.6 Å². The van der Waals surface area contributed by atoms with E-state index in [0.717, 1.165) is 5.56 Å². The molecule has 0 saturated carbocycles. The number of hydrogen-bond acceptors (Lipinski definition) is 3. The number of carbonyl (C=O) groups excluding carboxylic acids is 1. The average Bonchev–Trinajstić information content (AvgIpc) is 2.94. The molecule has 1 N–H and O–H groups in total. The van der Waals surface area contributed by atoms with Crippen LogP contribution in [0.25, 0.3) is 0 Å². The number of hydrazone groups is 1. The van der Waals surface area contributed by atoms with Crippen LogP contribution in [0.2, 0.25) is 0 Å². The van der Waals surface area contributed by atoms with E-state index in [1.54, 1.807) is 43.3 Å². The minimum absolute atomic E-state index is 0.00540. The van der Waals surface area contributed by atoms with Gasteiger partial charge in [-0.05, 0) is 31.5 Å². The highest BCUT2D eigenvalue weighted by Gasteiger charge is 2.63. The lowest BCUT2D eigenvalue weighted by Crippen LogP contribution is -2.56. The van der Waals surface area contributed by atoms with Crippen molar-refractivity contribution in [3.8, 4) is 0 Å². The number of rotatable bonds is 2. The molecule has 2 aromatic rings. The van der Waals surface area contributed by atoms with Crippen LogP contribution in [0.1, 0.15) is 33.5 Å². The Kier molecular flexibility index (Phi) is 4.36. The molecule has 0 aliphatic carbocycles. The number of carbonyl (C=O) groups is 1. The summed E-state index contributed by atoms with van der Waals surface area (Å²) in [7, 11) is 0. The van der Waals surface area contributed by atoms with Gasteiger partial charge < -0.3 is 5.11 Å². The van der Waals surface area contributed by atoms with Crippen molar-refractivity contribution in [1.82, 2.24) is 5.01 Å². The summed E-state index contributed by atoms with van der Waals surface area (Å²) in [5, 5.41) is 14.3. The molecule has 1 heterocycles. The number of aryl methyl sites for hydroxylation is 2. The molecular weight excluding hydrogens is 345 g/mol. The van der Waals surface area contributed by atoms with Gasteiger partial charge in [-0.3, -0.25) is 4.79 Å². The SMILES string of the molecule is Cc1ccc(C2=NN(C(=O)c3cccc(C)c3)[C@](O)(C(F)(F)F)C2)cc1. The molecule has 136 valence electrons. The first-order valence-corrected chi connectivity index (χ1v) is 7.97. The Balaban J connectivity index is 2.05. The van der Waals surface area contributed by atoms with E-state index >= 15 is 0 Å². The number of benzene rings is 2. The van der Waals surface area contributed by atoms with E-state index in [4.69, 9.17) is 0 Å². The second-order valence-electron chi connectivity index (χ2n) is 6.39. The van der Waals surface area contributed by atoms with Crippen LogP contribution in [0.4, 0.5) is 13.2 Å². The van der Waals surface area contributed by atoms with Crippen molar-refractivity contribution >= 4 is 11.6 Å². The quantitative estimate of drug-likeness (QED) is 0.883. The first-order valence-electron chi connectivity index (χ1n) is 7.97. The summed E-state index contributed by atoms with van der Waals surface area (Å²) in [6.07, 6.45) is -5.88. The lowest BCUT2D eigenvalue weighted by atomic mass is 9.99. The van der Waals surface area contributed by atoms with Gasteiger partial charge in [0.2, 0.25) is 0 Å². The van der Waals surface area contributed by atoms with Crippen molar-refractivity contribution in [2.45, 2.75) is 32.2 Å². The first kappa shape index (κ1) is 18.1. The first-order chi connectivity index (χ1) is 12.1. The third-order valence-electron chi connectivity index (χ3n) is 4.28. The molecule has 2 aromatic carbocycles. The van der Waals surface area contributed by atoms with Crippen molar-refractivity contribution in [1.29, 1.82) is 0 Å². The molecule has 26 heavy (non-hydrogen) atoms. The van der Waals surface area contributed by atoms with Crippen LogP contribution in [0, 0.1) is 13.8 Å². The molecule has 0 bridgehead atoms. The maximum absolute atomic E-state index is 13.6. The fourth-order valence-corrected chi connectivity index (χ4v) is 2.79. The molecule has 1 atom stereocenters. The zero-order chi connectivity index (χ0) is 19.1. The summed E-state index contributed by atoms with van der Waals surface area (Å²) in [4.78, 5) is 12.7. The summed E-state index contributed by atoms with van der Waals surface area (Å²) in [6.45, 7) is 3.57. The van der Waals surface area contributed by atoms with Gasteiger partial charge in [-0.2, -0.15) is 23.3 Å². The fraction of sp³-hybridized carbons (Fsp3) is 0.263. The van der Waals surface area contributed by atoms with Crippen molar-refractivity contribution in [2.24, 2.45) is 5.10 Å². The van der Waals surface area contributed by atoms with Crippen molar-refractivity contribution in [3.05, 3.63) is 70.8 Å². The summed E-state index contributed by atoms with van der Waals surface area (Å²) < 4.78 is 40.8. The van der Waals surface area contributed by atoms with Crippen LogP contribution in [0.5, 0.6) is 0 Å². The Bertz CT molecular complexity index is 875. The highest BCUT2D eigenvalue weighted by atomic mass is 19.4. The van der Waals surface area contributed by atoms with E-state index in [1.165, 1.54) is 12.1 Å². The average molecular weight is 362 g/mol. The topological polar surface area (TPSA) is 52.9 Å². The molecule has 0 aromatic heterocycles. The predicted octanol–water partition coefficient (Wildman–Crippen LogP) is 3.80. The van der Waals surface area contributed by atoms with Gasteiger partial charge in [0, 0.05) is 5.56 Å². The Morgan fingerprint density at radius 3 is 2.35 bits per heavy atom. The molecule has 3 rings (SSSR count). The van der Waals surface area contributed by atoms with Gasteiger partial charge >= 0.3 is 6.18 Å². The zero-order valence-electron chi connectivity index (χ0n) is 14.2. The molecule has 0 saturated heterocycles. The molecule has 1 aliphatic heterocycles. The third kappa shape index (κ3) is 3.10. The van der Waals surface area contributed by atoms with E-state index in [0.29, 0.717) is 11.1 Å². The number of nitrogens with zero attached hydrogens (tertiary/aromatic N) is 2. The van der Waals surface area contributed by atoms with E-state index in [1.807, 2.05) is 6.92 Å². The second-order valence-corrected chi connectivity index (χ2v) is 6.39. The molecule has 0 fully saturated rings. The Morgan fingerprint density at radius 1 is 1.12 bits per heavy atom. The van der Waals surface area contributed by atoms with E-state index < -0.39 is 24.2 Å². The molecule has 1 amide bonds. The number of aliphatic hydroxyl groups is 1. The summed E-state index contributed by atoms with van der Waals surface area (Å²) in [5.74, 6) is -1.00. The van der Waals surface area contributed by atoms with E-state index in [9.17, 15) is 23.1 Å². The zero-order valence-corrected chi connectivity index (χ0v) is 14.2. The van der Waals surface area contributed by atoms with Gasteiger partial charge in [0.25, 0.3) is 11.6 Å². The standard InChI is InChI=1S/C19H17F3N2O2/c1-12-6-8-14(9-7-12)16-11-18(26,19(20,21)22)24(23-16)17(25)15-5-3-4-13(2)10-15/h3-10,26H,11H2,1-2H3/t18-/m1/s1. The van der Waals surface area contributed by atoms with Gasteiger partial charge in [-0.25, -0.2) is 0 Å². The molecule has 0 spiro atoms. The Labute approximate surface area is 148 Å². The number of amides is 1. The molecule has 0 unspecified atom stereocenters. The number of halogens is 3. The second kappa shape index (κ2) is 6.25. The number of alkyl halides is 3. The van der Waals surface area contributed by atoms with Crippen LogP contribution >= 0.6 is 0 Å². The number of hydrogen-bond donors (Lipinski definition) is 1. The third-order valence-corrected chi connectivity index (χ3v) is 4.28. The molecule has 4 nitrogen and oxygen atoms in total. The van der Waals surface area contributed by atoms with Gasteiger partial charge in [-0.1, -0.05) is 47.5 Å². The van der Waals surface area contributed by atoms with Crippen LogP contribution < -0.4 is 0 Å². The summed E-state index contributed by atoms with van der Waals surface area (Å²) >= 11 is 0. The maximum atomic E-state index is 13.6. The molecular formula is C19H17F3N2O2. The van der Waals surface area contributed by atoms with Crippen molar-refractivity contribution < 1.29 is 23.1 Å². The molecule has 0 radical (unpaired) electrons. The van der Waals surface area contributed by atoms with Gasteiger partial charge in [0.15, 0.2) is 0 Å². The van der Waals surface area contributed by atoms with Crippen LogP contribution in [0.3, 0.4) is 0 Å². The smallest absolute Gasteiger partial charge is 0.362 e. The maximum Gasteiger partial charge on any atom is 0.438 e. The van der Waals surface area contributed by atoms with E-state index in [-0.39, 0.29) is 16.3 Å². The largest absolute Gasteiger partial charge is 0.438 e. The Morgan fingerprint density at radius 2 is 1.77 bits per heavy atom. The Hall–Kier alpha value is -2.67. The fourth-order valence-electron chi connectivity index (χ4n) is 2.79. The van der Waals surface area contributed by atoms with Gasteiger partial charge in [0.1, 0.15) is 0 Å². The lowest BCUT2D eigenvalue weighted by Gasteiger charge is -2.32. The van der Waals surface area contributed by atoms with Crippen LogP contribution in [-0.2, 0) is 0 Å². The normalized spacial score (nSPS) is 20.2. The molecule has 1 aliphatic rings. The molecule has 7 heteroatoms. The minimum Gasteiger partial charge on any atom is -0.362 e. The van der Waals surface area contributed by atoms with E-state index in [2.05, 4.69) is 5.10 Å². The van der Waals surface area contributed by atoms with Gasteiger partial charge in [0.05, 0.1) is 12.1 Å². The van der Waals surface area contributed by atoms with Gasteiger partial charge in [-0.15, -0.1) is 0 Å². The highest BCUT2D eigenvalue weighted by molar-refractivity contribution is 6.05. The predicted molar refractivity (Wildman–Crippen MR) is 90.7 cm³/mol. The van der Waals surface area contributed by atoms with Crippen molar-refractivity contribution in [3.63, 3.8) is 0 Å². The highest BCUT2D eigenvalue weighted by Crippen LogP contribution is 2.42. The summed E-state index contributed by atoms with van der Waals surface area (Å²) in [5.41, 5.74) is -1.27. The lowest BCUT2D eigenvalue weighted by molar-refractivity contribution is -0.297. The van der Waals surface area contributed by atoms with Crippen molar-refractivity contribution in [2.75, 3.05) is 0 Å². The minimum atomic E-state index is -5.05. The summed E-state index contributed by atoms with van der Waals surface area (Å²) in [6, 6.07) is 12.8. The van der Waals surface area contributed by atoms with Crippen LogP contribution in [0.15, 0.2) is 53.6 Å².